The number of H-pyrrole nitrogens is 2. The molecule has 0 spiro atoms. The van der Waals surface area contributed by atoms with Crippen molar-refractivity contribution in [3.8, 4) is 0 Å². The molecule has 2 unspecified atom stereocenters. The lowest BCUT2D eigenvalue weighted by Crippen LogP contribution is -2.35. The first-order chi connectivity index (χ1) is 29.1. The smallest absolute Gasteiger partial charge is 0.310 e. The fourth-order valence-corrected chi connectivity index (χ4v) is 8.15. The van der Waals surface area contributed by atoms with Crippen molar-refractivity contribution >= 4 is 63.0 Å². The van der Waals surface area contributed by atoms with Crippen molar-refractivity contribution in [3.05, 3.63) is 68.8 Å². The van der Waals surface area contributed by atoms with Gasteiger partial charge in [0, 0.05) is 97.2 Å². The van der Waals surface area contributed by atoms with E-state index in [1.165, 1.54) is 21.0 Å². The number of aryl methyl sites for hydroxylation is 3. The number of allylic oxidation sites excluding steroid dienone is 1. The summed E-state index contributed by atoms with van der Waals surface area (Å²) in [4.78, 5) is 81.8. The van der Waals surface area contributed by atoms with Crippen LogP contribution in [0.4, 0.5) is 0 Å². The topological polar surface area (TPSA) is 226 Å². The van der Waals surface area contributed by atoms with Gasteiger partial charge in [-0.2, -0.15) is 0 Å². The van der Waals surface area contributed by atoms with Crippen LogP contribution in [0.25, 0.3) is 33.2 Å². The molecular weight excluding hydrogens is 785 g/mol. The van der Waals surface area contributed by atoms with Crippen LogP contribution in [0.1, 0.15) is 116 Å². The maximum absolute atomic E-state index is 14.5. The number of nitrogens with one attached hydrogen (secondary N) is 3. The largest absolute Gasteiger partial charge is 0.481 e. The highest BCUT2D eigenvalue weighted by Crippen LogP contribution is 2.44. The van der Waals surface area contributed by atoms with Gasteiger partial charge < -0.3 is 39.7 Å². The van der Waals surface area contributed by atoms with Gasteiger partial charge in [-0.3, -0.25) is 33.9 Å². The molecule has 1 amide bonds. The number of carbonyl (C=O) groups excluding carboxylic acids is 4. The van der Waals surface area contributed by atoms with E-state index in [1.54, 1.807) is 0 Å². The SMILES string of the molecule is CCc1c(C)c2cc3[nH]c(cc4nc(c(CC(=O)OC)c5nc(cc1[nH]2)C(C)=C5C(=O)NCCCN(CCOC(C)=O)CCOC(C)=O)C(CCC(=O)O)C4C)c(C)c3CO. The molecule has 0 radical (unpaired) electrons. The molecular formula is C45H58N6O10. The summed E-state index contributed by atoms with van der Waals surface area (Å²) in [5.74, 6) is -3.54. The summed E-state index contributed by atoms with van der Waals surface area (Å²) in [5, 5.41) is 23.4. The van der Waals surface area contributed by atoms with Gasteiger partial charge in [0.1, 0.15) is 13.2 Å². The molecule has 2 atom stereocenters. The number of aromatic amines is 2. The molecule has 5 heterocycles. The predicted octanol–water partition coefficient (Wildman–Crippen LogP) is 5.32. The lowest BCUT2D eigenvalue weighted by molar-refractivity contribution is -0.142. The van der Waals surface area contributed by atoms with Crippen LogP contribution in [0.15, 0.2) is 18.2 Å². The van der Waals surface area contributed by atoms with Gasteiger partial charge in [0.05, 0.1) is 42.8 Å². The van der Waals surface area contributed by atoms with Gasteiger partial charge in [0.2, 0.25) is 0 Å². The molecule has 0 fully saturated rings. The monoisotopic (exact) mass is 842 g/mol. The molecule has 2 aliphatic rings. The maximum atomic E-state index is 14.5. The highest BCUT2D eigenvalue weighted by Gasteiger charge is 2.35. The Morgan fingerprint density at radius 1 is 0.852 bits per heavy atom. The van der Waals surface area contributed by atoms with Crippen LogP contribution < -0.4 is 5.32 Å². The van der Waals surface area contributed by atoms with Crippen molar-refractivity contribution < 1.29 is 48.4 Å². The number of hydrogen-bond donors (Lipinski definition) is 5. The van der Waals surface area contributed by atoms with Crippen molar-refractivity contribution in [3.63, 3.8) is 0 Å². The lowest BCUT2D eigenvalue weighted by Gasteiger charge is -2.22. The number of rotatable bonds is 18. The van der Waals surface area contributed by atoms with E-state index >= 15 is 0 Å². The third-order valence-electron chi connectivity index (χ3n) is 11.6. The van der Waals surface area contributed by atoms with Crippen molar-refractivity contribution in [2.75, 3.05) is 46.5 Å². The van der Waals surface area contributed by atoms with Crippen molar-refractivity contribution in [2.45, 2.75) is 99.0 Å². The van der Waals surface area contributed by atoms with E-state index in [-0.39, 0.29) is 62.8 Å². The molecule has 16 heteroatoms. The van der Waals surface area contributed by atoms with E-state index in [0.29, 0.717) is 60.7 Å². The summed E-state index contributed by atoms with van der Waals surface area (Å²) in [7, 11) is 1.28. The Hall–Kier alpha value is -5.87. The number of nitrogens with zero attached hydrogens (tertiary/aromatic N) is 3. The quantitative estimate of drug-likeness (QED) is 0.0622. The maximum Gasteiger partial charge on any atom is 0.310 e. The number of carbonyl (C=O) groups is 5. The zero-order valence-electron chi connectivity index (χ0n) is 36.4. The summed E-state index contributed by atoms with van der Waals surface area (Å²) in [5.41, 5.74) is 9.75. The van der Waals surface area contributed by atoms with E-state index in [4.69, 9.17) is 24.2 Å². The first kappa shape index (κ1) is 46.2. The minimum absolute atomic E-state index is 0.156. The van der Waals surface area contributed by atoms with Gasteiger partial charge in [-0.15, -0.1) is 0 Å². The Labute approximate surface area is 355 Å². The summed E-state index contributed by atoms with van der Waals surface area (Å²) < 4.78 is 15.4. The predicted molar refractivity (Wildman–Crippen MR) is 229 cm³/mol. The van der Waals surface area contributed by atoms with Gasteiger partial charge in [0.15, 0.2) is 0 Å². The van der Waals surface area contributed by atoms with Gasteiger partial charge in [0.25, 0.3) is 5.91 Å². The normalized spacial score (nSPS) is 14.9. The molecule has 0 aromatic carbocycles. The van der Waals surface area contributed by atoms with Gasteiger partial charge in [-0.05, 0) is 80.5 Å². The van der Waals surface area contributed by atoms with E-state index in [0.717, 1.165) is 44.3 Å². The molecule has 16 nitrogen and oxygen atoms in total. The Bertz CT molecular complexity index is 2360. The minimum atomic E-state index is -0.979. The number of amides is 1. The Kier molecular flexibility index (Phi) is 15.6. The number of carboxylic acid groups (broad SMARTS) is 1. The molecule has 3 aromatic rings. The number of aliphatic carboxylic acids is 1. The van der Waals surface area contributed by atoms with Crippen LogP contribution in [0.3, 0.4) is 0 Å². The lowest BCUT2D eigenvalue weighted by atomic mass is 9.84. The number of aliphatic hydroxyl groups is 1. The number of aliphatic hydroxyl groups excluding tert-OH is 1. The fourth-order valence-electron chi connectivity index (χ4n) is 8.15. The second kappa shape index (κ2) is 20.6. The fraction of sp³-hybridized carbons (Fsp3) is 0.489. The molecule has 0 aliphatic carbocycles. The van der Waals surface area contributed by atoms with Gasteiger partial charge in [-0.25, -0.2) is 4.98 Å². The molecule has 328 valence electrons. The first-order valence-corrected chi connectivity index (χ1v) is 20.7. The number of esters is 3. The van der Waals surface area contributed by atoms with Gasteiger partial charge >= 0.3 is 23.9 Å². The van der Waals surface area contributed by atoms with Crippen LogP contribution in [0.5, 0.6) is 0 Å². The van der Waals surface area contributed by atoms with E-state index in [2.05, 4.69) is 22.2 Å². The Morgan fingerprint density at radius 2 is 1.48 bits per heavy atom. The number of methoxy groups -OCH3 is 1. The van der Waals surface area contributed by atoms with Crippen LogP contribution in [-0.2, 0) is 57.6 Å². The van der Waals surface area contributed by atoms with Gasteiger partial charge in [-0.1, -0.05) is 13.8 Å². The van der Waals surface area contributed by atoms with Crippen molar-refractivity contribution in [2.24, 2.45) is 0 Å². The van der Waals surface area contributed by atoms with E-state index in [9.17, 15) is 34.2 Å². The summed E-state index contributed by atoms with van der Waals surface area (Å²) in [6.45, 7) is 14.1. The van der Waals surface area contributed by atoms with Crippen LogP contribution >= 0.6 is 0 Å². The molecule has 3 aromatic heterocycles. The zero-order chi connectivity index (χ0) is 44.5. The van der Waals surface area contributed by atoms with Crippen molar-refractivity contribution in [1.29, 1.82) is 0 Å². The average molecular weight is 843 g/mol. The van der Waals surface area contributed by atoms with Crippen molar-refractivity contribution in [1.82, 2.24) is 30.2 Å². The third kappa shape index (κ3) is 10.9. The minimum Gasteiger partial charge on any atom is -0.481 e. The number of ether oxygens (including phenoxy) is 3. The number of aromatic nitrogens is 4. The third-order valence-corrected chi connectivity index (χ3v) is 11.6. The number of carboxylic acids is 1. The van der Waals surface area contributed by atoms with Crippen LogP contribution in [0.2, 0.25) is 0 Å². The molecule has 0 saturated heterocycles. The molecule has 5 N–H and O–H groups in total. The van der Waals surface area contributed by atoms with Crippen LogP contribution in [0, 0.1) is 13.8 Å². The zero-order valence-corrected chi connectivity index (χ0v) is 36.4. The molecule has 5 rings (SSSR count). The average Bonchev–Trinajstić information content (AvgIpc) is 3.89. The highest BCUT2D eigenvalue weighted by atomic mass is 16.5. The Morgan fingerprint density at radius 3 is 2.07 bits per heavy atom. The molecule has 0 saturated carbocycles. The second-order valence-corrected chi connectivity index (χ2v) is 15.5. The highest BCUT2D eigenvalue weighted by molar-refractivity contribution is 6.27. The summed E-state index contributed by atoms with van der Waals surface area (Å²) in [6.07, 6.45) is 0.956. The molecule has 8 bridgehead atoms. The van der Waals surface area contributed by atoms with E-state index in [1.807, 2.05) is 50.8 Å². The molecule has 61 heavy (non-hydrogen) atoms. The first-order valence-electron chi connectivity index (χ1n) is 20.7. The number of fused-ring (bicyclic) bond motifs is 8. The number of hydrogen-bond acceptors (Lipinski definition) is 12. The Balaban J connectivity index is 1.71. The van der Waals surface area contributed by atoms with Crippen LogP contribution in [-0.4, -0.2) is 111 Å². The summed E-state index contributed by atoms with van der Waals surface area (Å²) >= 11 is 0. The summed E-state index contributed by atoms with van der Waals surface area (Å²) in [6, 6.07) is 5.78. The second-order valence-electron chi connectivity index (χ2n) is 15.5. The standard InChI is InChI=1S/C45H58N6O10/c1-9-30-24(2)35-21-39-33(23-52)26(4)34(48-39)20-36-25(3)31(11-12-40(55)56)43(49-36)32(19-41(57)59-8)44-42(27(5)37(50-44)22-38(30)47-35)45(58)46-13-10-14-51(15-17-60-28(6)53)16-18-61-29(7)54/h20-22,25,31,47-48,52H,9-19,23H2,1-8H3,(H,46,58)(H,55,56). The van der Waals surface area contributed by atoms with E-state index < -0.39 is 35.7 Å². The molecule has 2 aliphatic heterocycles.